The fraction of sp³-hybridized carbons (Fsp3) is 0.500. The van der Waals surface area contributed by atoms with Gasteiger partial charge < -0.3 is 9.64 Å². The lowest BCUT2D eigenvalue weighted by Gasteiger charge is -2.21. The van der Waals surface area contributed by atoms with E-state index >= 15 is 0 Å². The molecule has 1 aromatic heterocycles. The van der Waals surface area contributed by atoms with E-state index in [2.05, 4.69) is 4.98 Å². The second-order valence-corrected chi connectivity index (χ2v) is 3.38. The number of ether oxygens (including phenoxy) is 1. The molecule has 5 heteroatoms. The first-order chi connectivity index (χ1) is 7.27. The summed E-state index contributed by atoms with van der Waals surface area (Å²) in [6.45, 7) is 1.96. The second kappa shape index (κ2) is 6.58. The van der Waals surface area contributed by atoms with Crippen molar-refractivity contribution in [1.82, 2.24) is 4.98 Å². The first kappa shape index (κ1) is 12.2. The number of methoxy groups -OCH3 is 1. The van der Waals surface area contributed by atoms with E-state index < -0.39 is 0 Å². The molecule has 1 heterocycles. The summed E-state index contributed by atoms with van der Waals surface area (Å²) in [5.41, 5.74) is 0. The number of hydrogen-bond acceptors (Lipinski definition) is 3. The predicted octanol–water partition coefficient (Wildman–Crippen LogP) is 1.91. The van der Waals surface area contributed by atoms with E-state index in [-0.39, 0.29) is 5.82 Å². The summed E-state index contributed by atoms with van der Waals surface area (Å²) in [6, 6.07) is 3.02. The summed E-state index contributed by atoms with van der Waals surface area (Å²) in [5.74, 6) is 0.883. The summed E-state index contributed by atoms with van der Waals surface area (Å²) in [4.78, 5) is 5.94. The number of nitrogens with zero attached hydrogens (tertiary/aromatic N) is 2. The summed E-state index contributed by atoms with van der Waals surface area (Å²) in [7, 11) is 1.64. The van der Waals surface area contributed by atoms with Crippen molar-refractivity contribution in [1.29, 1.82) is 0 Å². The van der Waals surface area contributed by atoms with Crippen molar-refractivity contribution in [2.75, 3.05) is 37.6 Å². The molecule has 15 heavy (non-hydrogen) atoms. The number of aromatic nitrogens is 1. The molecule has 0 saturated carbocycles. The Morgan fingerprint density at radius 3 is 2.80 bits per heavy atom. The van der Waals surface area contributed by atoms with E-state index in [1.54, 1.807) is 13.2 Å². The van der Waals surface area contributed by atoms with Crippen LogP contribution in [0.4, 0.5) is 10.2 Å². The van der Waals surface area contributed by atoms with Gasteiger partial charge in [-0.2, -0.15) is 0 Å². The first-order valence-corrected chi connectivity index (χ1v) is 5.22. The quantitative estimate of drug-likeness (QED) is 0.701. The molecule has 0 N–H and O–H groups in total. The predicted molar refractivity (Wildman–Crippen MR) is 59.0 cm³/mol. The van der Waals surface area contributed by atoms with Crippen LogP contribution in [-0.2, 0) is 4.74 Å². The summed E-state index contributed by atoms with van der Waals surface area (Å²) in [6.07, 6.45) is 1.20. The molecule has 3 nitrogen and oxygen atoms in total. The Hall–Kier alpha value is -0.870. The van der Waals surface area contributed by atoms with Crippen molar-refractivity contribution in [3.8, 4) is 0 Å². The molecule has 0 bridgehead atoms. The first-order valence-electron chi connectivity index (χ1n) is 4.69. The molecule has 0 atom stereocenters. The van der Waals surface area contributed by atoms with Gasteiger partial charge >= 0.3 is 0 Å². The lowest BCUT2D eigenvalue weighted by atomic mass is 10.4. The van der Waals surface area contributed by atoms with Gasteiger partial charge in [0.25, 0.3) is 0 Å². The molecule has 0 aliphatic heterocycles. The fourth-order valence-corrected chi connectivity index (χ4v) is 1.40. The number of alkyl halides is 1. The third-order valence-corrected chi connectivity index (χ3v) is 2.12. The van der Waals surface area contributed by atoms with Gasteiger partial charge in [-0.05, 0) is 12.1 Å². The third-order valence-electron chi connectivity index (χ3n) is 1.96. The van der Waals surface area contributed by atoms with Gasteiger partial charge in [0.2, 0.25) is 0 Å². The monoisotopic (exact) mass is 232 g/mol. The van der Waals surface area contributed by atoms with E-state index in [0.29, 0.717) is 31.4 Å². The Morgan fingerprint density at radius 1 is 1.47 bits per heavy atom. The highest BCUT2D eigenvalue weighted by molar-refractivity contribution is 6.18. The van der Waals surface area contributed by atoms with E-state index in [1.165, 1.54) is 12.3 Å². The van der Waals surface area contributed by atoms with Crippen molar-refractivity contribution < 1.29 is 9.13 Å². The third kappa shape index (κ3) is 4.01. The zero-order valence-electron chi connectivity index (χ0n) is 8.62. The molecule has 1 rings (SSSR count). The van der Waals surface area contributed by atoms with Crippen LogP contribution in [0, 0.1) is 5.82 Å². The van der Waals surface area contributed by atoms with Crippen molar-refractivity contribution >= 4 is 17.4 Å². The van der Waals surface area contributed by atoms with Gasteiger partial charge in [0, 0.05) is 26.1 Å². The zero-order chi connectivity index (χ0) is 11.1. The summed E-state index contributed by atoms with van der Waals surface area (Å²) in [5, 5.41) is 0. The molecule has 0 spiro atoms. The van der Waals surface area contributed by atoms with Crippen molar-refractivity contribution in [3.05, 3.63) is 24.1 Å². The maximum atomic E-state index is 12.7. The molecule has 0 fully saturated rings. The van der Waals surface area contributed by atoms with Gasteiger partial charge in [0.1, 0.15) is 11.6 Å². The minimum absolute atomic E-state index is 0.337. The molecule has 0 aromatic carbocycles. The van der Waals surface area contributed by atoms with E-state index in [1.807, 2.05) is 4.90 Å². The van der Waals surface area contributed by atoms with Crippen LogP contribution in [0.2, 0.25) is 0 Å². The van der Waals surface area contributed by atoms with Gasteiger partial charge in [0.15, 0.2) is 0 Å². The zero-order valence-corrected chi connectivity index (χ0v) is 9.38. The Labute approximate surface area is 93.8 Å². The van der Waals surface area contributed by atoms with Gasteiger partial charge in [0.05, 0.1) is 12.8 Å². The minimum atomic E-state index is -0.337. The van der Waals surface area contributed by atoms with Crippen LogP contribution in [0.1, 0.15) is 0 Å². The lowest BCUT2D eigenvalue weighted by Crippen LogP contribution is -2.29. The molecule has 84 valence electrons. The Balaban J connectivity index is 2.65. The Kier molecular flexibility index (Phi) is 5.36. The van der Waals surface area contributed by atoms with Gasteiger partial charge in [-0.1, -0.05) is 0 Å². The molecular weight excluding hydrogens is 219 g/mol. The molecule has 0 amide bonds. The maximum absolute atomic E-state index is 12.7. The van der Waals surface area contributed by atoms with Crippen molar-refractivity contribution in [2.45, 2.75) is 0 Å². The standard InChI is InChI=1S/C10H14ClFN2O/c1-15-7-6-14(5-4-11)10-3-2-9(12)8-13-10/h2-3,8H,4-7H2,1H3. The summed E-state index contributed by atoms with van der Waals surface area (Å²) >= 11 is 5.67. The Bertz CT molecular complexity index is 281. The lowest BCUT2D eigenvalue weighted by molar-refractivity contribution is 0.205. The molecule has 0 radical (unpaired) electrons. The highest BCUT2D eigenvalue weighted by Crippen LogP contribution is 2.10. The number of anilines is 1. The SMILES string of the molecule is COCCN(CCCl)c1ccc(F)cn1. The number of rotatable bonds is 6. The van der Waals surface area contributed by atoms with Crippen LogP contribution in [0.25, 0.3) is 0 Å². The Morgan fingerprint density at radius 2 is 2.27 bits per heavy atom. The second-order valence-electron chi connectivity index (χ2n) is 3.00. The van der Waals surface area contributed by atoms with Crippen LogP contribution >= 0.6 is 11.6 Å². The van der Waals surface area contributed by atoms with Crippen molar-refractivity contribution in [3.63, 3.8) is 0 Å². The fourth-order valence-electron chi connectivity index (χ4n) is 1.20. The van der Waals surface area contributed by atoms with E-state index in [0.717, 1.165) is 0 Å². The van der Waals surface area contributed by atoms with Gasteiger partial charge in [-0.15, -0.1) is 11.6 Å². The summed E-state index contributed by atoms with van der Waals surface area (Å²) < 4.78 is 17.6. The van der Waals surface area contributed by atoms with Gasteiger partial charge in [-0.3, -0.25) is 0 Å². The van der Waals surface area contributed by atoms with Crippen LogP contribution in [0.3, 0.4) is 0 Å². The normalized spacial score (nSPS) is 10.3. The topological polar surface area (TPSA) is 25.4 Å². The number of hydrogen-bond donors (Lipinski definition) is 0. The van der Waals surface area contributed by atoms with Crippen molar-refractivity contribution in [2.24, 2.45) is 0 Å². The van der Waals surface area contributed by atoms with Crippen LogP contribution < -0.4 is 4.90 Å². The van der Waals surface area contributed by atoms with E-state index in [4.69, 9.17) is 16.3 Å². The van der Waals surface area contributed by atoms with Gasteiger partial charge in [-0.25, -0.2) is 9.37 Å². The minimum Gasteiger partial charge on any atom is -0.383 e. The largest absolute Gasteiger partial charge is 0.383 e. The number of pyridine rings is 1. The highest BCUT2D eigenvalue weighted by Gasteiger charge is 2.06. The molecule has 1 aromatic rings. The average Bonchev–Trinajstić information content (AvgIpc) is 2.25. The highest BCUT2D eigenvalue weighted by atomic mass is 35.5. The molecule has 0 unspecified atom stereocenters. The average molecular weight is 233 g/mol. The number of halogens is 2. The van der Waals surface area contributed by atoms with E-state index in [9.17, 15) is 4.39 Å². The molecule has 0 aliphatic rings. The van der Waals surface area contributed by atoms with Crippen LogP contribution in [0.5, 0.6) is 0 Å². The smallest absolute Gasteiger partial charge is 0.141 e. The maximum Gasteiger partial charge on any atom is 0.141 e. The molecule has 0 aliphatic carbocycles. The van der Waals surface area contributed by atoms with Crippen LogP contribution in [0.15, 0.2) is 18.3 Å². The molecular formula is C10H14ClFN2O. The molecule has 0 saturated heterocycles. The van der Waals surface area contributed by atoms with Crippen LogP contribution in [-0.4, -0.2) is 37.7 Å².